The van der Waals surface area contributed by atoms with Gasteiger partial charge in [0.15, 0.2) is 17.2 Å². The van der Waals surface area contributed by atoms with E-state index in [1.54, 1.807) is 12.1 Å². The Morgan fingerprint density at radius 1 is 1.13 bits per heavy atom. The molecule has 0 fully saturated rings. The van der Waals surface area contributed by atoms with Gasteiger partial charge in [-0.1, -0.05) is 6.07 Å². The van der Waals surface area contributed by atoms with E-state index in [4.69, 9.17) is 9.68 Å². The molecule has 0 unspecified atom stereocenters. The molecule has 4 rings (SSSR count). The zero-order valence-corrected chi connectivity index (χ0v) is 16.5. The largest absolute Gasteiger partial charge is 0.436 e. The van der Waals surface area contributed by atoms with Gasteiger partial charge in [-0.2, -0.15) is 5.26 Å². The number of nitriles is 1. The minimum atomic E-state index is -0.959. The first-order valence-corrected chi connectivity index (χ1v) is 9.26. The maximum atomic E-state index is 12.8. The Kier molecular flexibility index (Phi) is 6.91. The highest BCUT2D eigenvalue weighted by Gasteiger charge is 2.08. The number of aromatic nitrogens is 1. The lowest BCUT2D eigenvalue weighted by Gasteiger charge is -2.03. The van der Waals surface area contributed by atoms with Crippen LogP contribution in [0.3, 0.4) is 0 Å². The number of oxazole rings is 1. The van der Waals surface area contributed by atoms with Gasteiger partial charge in [-0.3, -0.25) is 0 Å². The number of carbonyl (C=O) groups is 1. The molecule has 0 bridgehead atoms. The number of halogens is 2. The van der Waals surface area contributed by atoms with Crippen LogP contribution in [-0.4, -0.2) is 24.9 Å². The fourth-order valence-corrected chi connectivity index (χ4v) is 2.69. The van der Waals surface area contributed by atoms with Crippen LogP contribution in [0.4, 0.5) is 20.2 Å². The molecular formula is C23H18F2N4O2. The molecule has 0 aliphatic carbocycles. The molecular weight excluding hydrogens is 402 g/mol. The van der Waals surface area contributed by atoms with Crippen LogP contribution < -0.4 is 10.6 Å². The van der Waals surface area contributed by atoms with Gasteiger partial charge in [0.05, 0.1) is 23.9 Å². The van der Waals surface area contributed by atoms with E-state index in [1.165, 1.54) is 12.1 Å². The molecule has 2 N–H and O–H groups in total. The van der Waals surface area contributed by atoms with Gasteiger partial charge in [-0.05, 0) is 54.6 Å². The van der Waals surface area contributed by atoms with E-state index in [9.17, 15) is 13.6 Å². The van der Waals surface area contributed by atoms with Crippen LogP contribution in [0.2, 0.25) is 0 Å². The molecule has 1 heterocycles. The monoisotopic (exact) mass is 420 g/mol. The standard InChI is InChI=1S/C15H11N3O.C8H7F2NO/c1-17-12-6-7-14-13(8-12)18-15(19-14)11-4-2-10(9-16)3-5-11;9-6-2-1-3-7(8(6)10)11-4-5-12/h2-8,17H,1H3;1-3,5,11H,4H2. The number of hydrogen-bond donors (Lipinski definition) is 2. The SMILES string of the molecule is CNc1ccc2oc(-c3ccc(C#N)cc3)nc2c1.O=CCNc1cccc(F)c1F. The highest BCUT2D eigenvalue weighted by Crippen LogP contribution is 2.26. The molecule has 0 aliphatic heterocycles. The van der Waals surface area contributed by atoms with E-state index in [-0.39, 0.29) is 12.2 Å². The summed E-state index contributed by atoms with van der Waals surface area (Å²) in [5.74, 6) is -1.32. The van der Waals surface area contributed by atoms with E-state index < -0.39 is 11.6 Å². The van der Waals surface area contributed by atoms with Crippen LogP contribution in [0.5, 0.6) is 0 Å². The van der Waals surface area contributed by atoms with E-state index in [2.05, 4.69) is 21.7 Å². The second-order valence-corrected chi connectivity index (χ2v) is 6.29. The van der Waals surface area contributed by atoms with Crippen LogP contribution >= 0.6 is 0 Å². The maximum Gasteiger partial charge on any atom is 0.227 e. The molecule has 0 aliphatic rings. The average molecular weight is 420 g/mol. The number of benzene rings is 3. The highest BCUT2D eigenvalue weighted by molar-refractivity contribution is 5.80. The molecule has 1 aromatic heterocycles. The van der Waals surface area contributed by atoms with Crippen LogP contribution in [0.25, 0.3) is 22.6 Å². The molecule has 0 amide bonds. The number of fused-ring (bicyclic) bond motifs is 1. The molecule has 0 saturated carbocycles. The zero-order chi connectivity index (χ0) is 22.2. The lowest BCUT2D eigenvalue weighted by atomic mass is 10.1. The summed E-state index contributed by atoms with van der Waals surface area (Å²) in [6.45, 7) is -0.0274. The maximum absolute atomic E-state index is 12.8. The lowest BCUT2D eigenvalue weighted by molar-refractivity contribution is -0.106. The van der Waals surface area contributed by atoms with E-state index in [1.807, 2.05) is 37.4 Å². The van der Waals surface area contributed by atoms with E-state index in [0.717, 1.165) is 28.4 Å². The molecule has 156 valence electrons. The summed E-state index contributed by atoms with van der Waals surface area (Å²) in [6, 6.07) is 18.8. The number of anilines is 2. The lowest BCUT2D eigenvalue weighted by Crippen LogP contribution is -2.04. The van der Waals surface area contributed by atoms with Crippen molar-refractivity contribution >= 4 is 28.8 Å². The molecule has 4 aromatic rings. The first-order valence-electron chi connectivity index (χ1n) is 9.26. The summed E-state index contributed by atoms with van der Waals surface area (Å²) < 4.78 is 31.0. The quantitative estimate of drug-likeness (QED) is 0.442. The summed E-state index contributed by atoms with van der Waals surface area (Å²) in [5, 5.41) is 14.3. The van der Waals surface area contributed by atoms with Crippen LogP contribution in [0.15, 0.2) is 65.1 Å². The van der Waals surface area contributed by atoms with Gasteiger partial charge >= 0.3 is 0 Å². The number of rotatable bonds is 5. The van der Waals surface area contributed by atoms with Gasteiger partial charge < -0.3 is 19.8 Å². The predicted octanol–water partition coefficient (Wildman–Crippen LogP) is 4.98. The minimum absolute atomic E-state index is 0.00194. The molecule has 0 spiro atoms. The Hall–Kier alpha value is -4.25. The Morgan fingerprint density at radius 2 is 1.90 bits per heavy atom. The number of hydrogen-bond acceptors (Lipinski definition) is 6. The van der Waals surface area contributed by atoms with Crippen molar-refractivity contribution in [3.63, 3.8) is 0 Å². The first-order chi connectivity index (χ1) is 15.0. The minimum Gasteiger partial charge on any atom is -0.436 e. The van der Waals surface area contributed by atoms with Gasteiger partial charge in [-0.25, -0.2) is 13.8 Å². The van der Waals surface area contributed by atoms with Crippen molar-refractivity contribution in [1.29, 1.82) is 5.26 Å². The van der Waals surface area contributed by atoms with Crippen molar-refractivity contribution in [2.45, 2.75) is 0 Å². The molecule has 8 heteroatoms. The van der Waals surface area contributed by atoms with Crippen LogP contribution in [0, 0.1) is 23.0 Å². The zero-order valence-electron chi connectivity index (χ0n) is 16.5. The number of carbonyl (C=O) groups excluding carboxylic acids is 1. The van der Waals surface area contributed by atoms with Crippen molar-refractivity contribution < 1.29 is 18.0 Å². The molecule has 3 aromatic carbocycles. The molecule has 31 heavy (non-hydrogen) atoms. The smallest absolute Gasteiger partial charge is 0.227 e. The van der Waals surface area contributed by atoms with Gasteiger partial charge in [0.2, 0.25) is 5.89 Å². The Bertz CT molecular complexity index is 1230. The normalized spacial score (nSPS) is 10.0. The van der Waals surface area contributed by atoms with Gasteiger partial charge in [-0.15, -0.1) is 0 Å². The summed E-state index contributed by atoms with van der Waals surface area (Å²) in [4.78, 5) is 14.4. The summed E-state index contributed by atoms with van der Waals surface area (Å²) >= 11 is 0. The molecule has 0 radical (unpaired) electrons. The van der Waals surface area contributed by atoms with E-state index >= 15 is 0 Å². The molecule has 0 atom stereocenters. The second kappa shape index (κ2) is 9.98. The van der Waals surface area contributed by atoms with Crippen molar-refractivity contribution in [2.75, 3.05) is 24.2 Å². The third-order valence-corrected chi connectivity index (χ3v) is 4.26. The highest BCUT2D eigenvalue weighted by atomic mass is 19.2. The average Bonchev–Trinajstić information content (AvgIpc) is 3.24. The third kappa shape index (κ3) is 5.22. The number of nitrogens with zero attached hydrogens (tertiary/aromatic N) is 2. The summed E-state index contributed by atoms with van der Waals surface area (Å²) in [6.07, 6.45) is 0.574. The Labute approximate surface area is 177 Å². The van der Waals surface area contributed by atoms with Crippen molar-refractivity contribution in [3.8, 4) is 17.5 Å². The van der Waals surface area contributed by atoms with Gasteiger partial charge in [0.25, 0.3) is 0 Å². The predicted molar refractivity (Wildman–Crippen MR) is 115 cm³/mol. The van der Waals surface area contributed by atoms with Crippen LogP contribution in [-0.2, 0) is 4.79 Å². The van der Waals surface area contributed by atoms with Crippen molar-refractivity contribution in [3.05, 3.63) is 77.9 Å². The molecule has 0 saturated heterocycles. The van der Waals surface area contributed by atoms with E-state index in [0.29, 0.717) is 17.7 Å². The Balaban J connectivity index is 0.000000196. The number of aldehydes is 1. The second-order valence-electron chi connectivity index (χ2n) is 6.29. The number of nitrogens with one attached hydrogen (secondary N) is 2. The van der Waals surface area contributed by atoms with Crippen molar-refractivity contribution in [2.24, 2.45) is 0 Å². The summed E-state index contributed by atoms with van der Waals surface area (Å²) in [7, 11) is 1.86. The summed E-state index contributed by atoms with van der Waals surface area (Å²) in [5.41, 5.74) is 4.04. The first kappa shape index (κ1) is 21.5. The third-order valence-electron chi connectivity index (χ3n) is 4.26. The van der Waals surface area contributed by atoms with Crippen molar-refractivity contribution in [1.82, 2.24) is 4.98 Å². The van der Waals surface area contributed by atoms with Crippen LogP contribution in [0.1, 0.15) is 5.56 Å². The van der Waals surface area contributed by atoms with Gasteiger partial charge in [0, 0.05) is 18.3 Å². The molecule has 6 nitrogen and oxygen atoms in total. The topological polar surface area (TPSA) is 91.0 Å². The fraction of sp³-hybridized carbons (Fsp3) is 0.0870. The Morgan fingerprint density at radius 3 is 2.58 bits per heavy atom. The van der Waals surface area contributed by atoms with Gasteiger partial charge in [0.1, 0.15) is 11.8 Å². The fourth-order valence-electron chi connectivity index (χ4n) is 2.69.